The summed E-state index contributed by atoms with van der Waals surface area (Å²) in [4.78, 5) is 24.5. The molecule has 1 aliphatic heterocycles. The van der Waals surface area contributed by atoms with Crippen LogP contribution in [0.4, 0.5) is 0 Å². The van der Waals surface area contributed by atoms with Crippen LogP contribution in [0, 0.1) is 0 Å². The largest absolute Gasteiger partial charge is 0.365 e. The molecule has 0 spiro atoms. The molecule has 1 aliphatic rings. The number of aliphatic imine (C=N–C) groups is 1. The van der Waals surface area contributed by atoms with E-state index in [9.17, 15) is 4.79 Å². The van der Waals surface area contributed by atoms with Crippen molar-refractivity contribution in [2.45, 2.75) is 6.17 Å². The molecule has 6 nitrogen and oxygen atoms in total. The SMILES string of the molecule is O=C(NC1C=NC(c2ccccn2)=CN1)c1ccccn1. The number of amides is 1. The number of nitrogens with one attached hydrogen (secondary N) is 2. The Labute approximate surface area is 121 Å². The number of carbonyl (C=O) groups is 1. The summed E-state index contributed by atoms with van der Waals surface area (Å²) in [6.07, 6.45) is 6.28. The number of nitrogens with zero attached hydrogens (tertiary/aromatic N) is 3. The lowest BCUT2D eigenvalue weighted by Crippen LogP contribution is -2.45. The van der Waals surface area contributed by atoms with E-state index in [0.29, 0.717) is 5.69 Å². The zero-order chi connectivity index (χ0) is 14.5. The lowest BCUT2D eigenvalue weighted by atomic mass is 10.2. The third kappa shape index (κ3) is 3.11. The fourth-order valence-electron chi connectivity index (χ4n) is 1.85. The van der Waals surface area contributed by atoms with Crippen molar-refractivity contribution in [2.75, 3.05) is 0 Å². The highest BCUT2D eigenvalue weighted by Gasteiger charge is 2.14. The first-order valence-corrected chi connectivity index (χ1v) is 6.46. The van der Waals surface area contributed by atoms with Gasteiger partial charge in [0, 0.05) is 24.8 Å². The third-order valence-corrected chi connectivity index (χ3v) is 2.87. The molecule has 0 fully saturated rings. The minimum absolute atomic E-state index is 0.255. The van der Waals surface area contributed by atoms with Crippen molar-refractivity contribution in [3.63, 3.8) is 0 Å². The zero-order valence-corrected chi connectivity index (χ0v) is 11.1. The first kappa shape index (κ1) is 13.0. The molecule has 3 rings (SSSR count). The van der Waals surface area contributed by atoms with Crippen molar-refractivity contribution in [2.24, 2.45) is 4.99 Å². The molecule has 0 bridgehead atoms. The molecule has 104 valence electrons. The average Bonchev–Trinajstić information content (AvgIpc) is 2.57. The Morgan fingerprint density at radius 1 is 1.10 bits per heavy atom. The van der Waals surface area contributed by atoms with Crippen molar-refractivity contribution in [1.29, 1.82) is 0 Å². The number of hydrogen-bond donors (Lipinski definition) is 2. The maximum atomic E-state index is 12.0. The van der Waals surface area contributed by atoms with Crippen LogP contribution in [0.5, 0.6) is 0 Å². The van der Waals surface area contributed by atoms with E-state index >= 15 is 0 Å². The summed E-state index contributed by atoms with van der Waals surface area (Å²) in [7, 11) is 0. The molecular formula is C15H13N5O. The molecule has 0 radical (unpaired) electrons. The van der Waals surface area contributed by atoms with E-state index in [2.05, 4.69) is 25.6 Å². The van der Waals surface area contributed by atoms with E-state index in [-0.39, 0.29) is 12.1 Å². The Balaban J connectivity index is 1.63. The summed E-state index contributed by atoms with van der Waals surface area (Å²) in [5.41, 5.74) is 1.86. The van der Waals surface area contributed by atoms with E-state index in [4.69, 9.17) is 0 Å². The Morgan fingerprint density at radius 2 is 1.90 bits per heavy atom. The Bertz CT molecular complexity index is 682. The van der Waals surface area contributed by atoms with Gasteiger partial charge in [0.1, 0.15) is 17.6 Å². The van der Waals surface area contributed by atoms with E-state index in [1.807, 2.05) is 18.2 Å². The van der Waals surface area contributed by atoms with Crippen LogP contribution in [-0.2, 0) is 0 Å². The normalized spacial score (nSPS) is 16.8. The third-order valence-electron chi connectivity index (χ3n) is 2.87. The fraction of sp³-hybridized carbons (Fsp3) is 0.0667. The standard InChI is InChI=1S/C15H13N5O/c21-15(12-6-2-4-8-17-12)20-14-10-18-13(9-19-14)11-5-1-3-7-16-11/h1-10,14,19H,(H,20,21). The van der Waals surface area contributed by atoms with Crippen LogP contribution in [0.3, 0.4) is 0 Å². The minimum atomic E-state index is -0.369. The maximum absolute atomic E-state index is 12.0. The summed E-state index contributed by atoms with van der Waals surface area (Å²) in [5.74, 6) is -0.255. The second kappa shape index (κ2) is 5.96. The van der Waals surface area contributed by atoms with E-state index in [1.165, 1.54) is 0 Å². The number of hydrogen-bond acceptors (Lipinski definition) is 5. The molecule has 3 heterocycles. The van der Waals surface area contributed by atoms with Crippen LogP contribution in [0.1, 0.15) is 16.2 Å². The van der Waals surface area contributed by atoms with Crippen molar-refractivity contribution < 1.29 is 4.79 Å². The Morgan fingerprint density at radius 3 is 2.52 bits per heavy atom. The molecule has 2 aromatic rings. The van der Waals surface area contributed by atoms with E-state index in [1.54, 1.807) is 43.0 Å². The van der Waals surface area contributed by atoms with E-state index < -0.39 is 0 Å². The maximum Gasteiger partial charge on any atom is 0.271 e. The molecule has 1 atom stereocenters. The van der Waals surface area contributed by atoms with Crippen LogP contribution in [0.15, 0.2) is 60.0 Å². The van der Waals surface area contributed by atoms with Crippen molar-refractivity contribution >= 4 is 17.8 Å². The molecular weight excluding hydrogens is 266 g/mol. The Kier molecular flexibility index (Phi) is 3.68. The van der Waals surface area contributed by atoms with Gasteiger partial charge < -0.3 is 10.6 Å². The Hall–Kier alpha value is -3.02. The highest BCUT2D eigenvalue weighted by molar-refractivity contribution is 5.94. The smallest absolute Gasteiger partial charge is 0.271 e. The number of pyridine rings is 2. The number of aromatic nitrogens is 2. The summed E-state index contributed by atoms with van der Waals surface area (Å²) < 4.78 is 0. The fourth-order valence-corrected chi connectivity index (χ4v) is 1.85. The molecule has 0 saturated carbocycles. The van der Waals surface area contributed by atoms with Gasteiger partial charge in [-0.3, -0.25) is 19.8 Å². The number of rotatable bonds is 3. The van der Waals surface area contributed by atoms with Gasteiger partial charge in [-0.15, -0.1) is 0 Å². The highest BCUT2D eigenvalue weighted by atomic mass is 16.2. The van der Waals surface area contributed by atoms with Gasteiger partial charge in [-0.2, -0.15) is 0 Å². The molecule has 6 heteroatoms. The van der Waals surface area contributed by atoms with Gasteiger partial charge in [0.15, 0.2) is 0 Å². The van der Waals surface area contributed by atoms with Crippen molar-refractivity contribution in [3.05, 3.63) is 66.4 Å². The van der Waals surface area contributed by atoms with Crippen LogP contribution >= 0.6 is 0 Å². The van der Waals surface area contributed by atoms with Crippen LogP contribution in [-0.4, -0.2) is 28.3 Å². The quantitative estimate of drug-likeness (QED) is 0.885. The van der Waals surface area contributed by atoms with Crippen molar-refractivity contribution in [1.82, 2.24) is 20.6 Å². The zero-order valence-electron chi connectivity index (χ0n) is 11.1. The van der Waals surface area contributed by atoms with Gasteiger partial charge in [-0.25, -0.2) is 0 Å². The summed E-state index contributed by atoms with van der Waals surface area (Å²) in [6, 6.07) is 10.8. The van der Waals surface area contributed by atoms with Crippen LogP contribution in [0.2, 0.25) is 0 Å². The van der Waals surface area contributed by atoms with Crippen LogP contribution in [0.25, 0.3) is 5.70 Å². The summed E-state index contributed by atoms with van der Waals surface area (Å²) >= 11 is 0. The average molecular weight is 279 g/mol. The van der Waals surface area contributed by atoms with Gasteiger partial charge in [-0.1, -0.05) is 12.1 Å². The van der Waals surface area contributed by atoms with Crippen LogP contribution < -0.4 is 10.6 Å². The molecule has 0 aromatic carbocycles. The molecule has 1 amide bonds. The van der Waals surface area contributed by atoms with Gasteiger partial charge in [0.25, 0.3) is 5.91 Å². The number of carbonyl (C=O) groups excluding carboxylic acids is 1. The predicted molar refractivity (Wildman–Crippen MR) is 79.3 cm³/mol. The molecule has 21 heavy (non-hydrogen) atoms. The predicted octanol–water partition coefficient (Wildman–Crippen LogP) is 1.21. The molecule has 0 aliphatic carbocycles. The second-order valence-electron chi connectivity index (χ2n) is 4.36. The molecule has 2 aromatic heterocycles. The summed E-state index contributed by atoms with van der Waals surface area (Å²) in [6.45, 7) is 0. The summed E-state index contributed by atoms with van der Waals surface area (Å²) in [5, 5.41) is 5.84. The van der Waals surface area contributed by atoms with Gasteiger partial charge in [0.05, 0.1) is 5.69 Å². The first-order chi connectivity index (χ1) is 10.3. The van der Waals surface area contributed by atoms with Gasteiger partial charge >= 0.3 is 0 Å². The topological polar surface area (TPSA) is 79.3 Å². The molecule has 0 saturated heterocycles. The highest BCUT2D eigenvalue weighted by Crippen LogP contribution is 2.13. The molecule has 2 N–H and O–H groups in total. The van der Waals surface area contributed by atoms with Gasteiger partial charge in [-0.05, 0) is 24.3 Å². The first-order valence-electron chi connectivity index (χ1n) is 6.46. The molecule has 1 unspecified atom stereocenters. The minimum Gasteiger partial charge on any atom is -0.365 e. The monoisotopic (exact) mass is 279 g/mol. The lowest BCUT2D eigenvalue weighted by Gasteiger charge is -2.18. The van der Waals surface area contributed by atoms with Gasteiger partial charge in [0.2, 0.25) is 0 Å². The van der Waals surface area contributed by atoms with Crippen molar-refractivity contribution in [3.8, 4) is 0 Å². The van der Waals surface area contributed by atoms with E-state index in [0.717, 1.165) is 11.4 Å². The second-order valence-corrected chi connectivity index (χ2v) is 4.36. The lowest BCUT2D eigenvalue weighted by molar-refractivity contribution is 0.0939.